The van der Waals surface area contributed by atoms with Crippen LogP contribution in [0.2, 0.25) is 0 Å². The van der Waals surface area contributed by atoms with Gasteiger partial charge in [-0.3, -0.25) is 19.7 Å². The highest BCUT2D eigenvalue weighted by atomic mass is 16.6. The SMILES string of the molecule is NC(=O)C1CCN(C(=O)c2cc(O)ccc2[N+](=O)[O-])CC1. The molecule has 1 aliphatic rings. The topological polar surface area (TPSA) is 127 Å². The Morgan fingerprint density at radius 2 is 1.95 bits per heavy atom. The molecule has 0 spiro atoms. The normalized spacial score (nSPS) is 15.7. The molecule has 0 atom stereocenters. The lowest BCUT2D eigenvalue weighted by molar-refractivity contribution is -0.385. The smallest absolute Gasteiger partial charge is 0.282 e. The first kappa shape index (κ1) is 14.8. The molecule has 1 saturated heterocycles. The van der Waals surface area contributed by atoms with Crippen molar-refractivity contribution in [2.75, 3.05) is 13.1 Å². The van der Waals surface area contributed by atoms with Gasteiger partial charge < -0.3 is 15.7 Å². The van der Waals surface area contributed by atoms with Gasteiger partial charge in [0.25, 0.3) is 11.6 Å². The number of phenols is 1. The van der Waals surface area contributed by atoms with E-state index in [0.29, 0.717) is 25.9 Å². The van der Waals surface area contributed by atoms with E-state index in [1.807, 2.05) is 0 Å². The third-order valence-corrected chi connectivity index (χ3v) is 3.59. The Morgan fingerprint density at radius 1 is 1.33 bits per heavy atom. The predicted octanol–water partition coefficient (Wildman–Crippen LogP) is 0.638. The van der Waals surface area contributed by atoms with Gasteiger partial charge in [-0.2, -0.15) is 0 Å². The van der Waals surface area contributed by atoms with Gasteiger partial charge in [-0.05, 0) is 25.0 Å². The first-order valence-corrected chi connectivity index (χ1v) is 6.46. The summed E-state index contributed by atoms with van der Waals surface area (Å²) >= 11 is 0. The Labute approximate surface area is 120 Å². The molecular formula is C13H15N3O5. The number of rotatable bonds is 3. The number of phenolic OH excluding ortho intramolecular Hbond substituents is 1. The van der Waals surface area contributed by atoms with Gasteiger partial charge in [0.05, 0.1) is 4.92 Å². The fourth-order valence-corrected chi connectivity index (χ4v) is 2.39. The molecule has 0 aliphatic carbocycles. The monoisotopic (exact) mass is 293 g/mol. The summed E-state index contributed by atoms with van der Waals surface area (Å²) in [5, 5.41) is 20.4. The summed E-state index contributed by atoms with van der Waals surface area (Å²) in [4.78, 5) is 35.2. The van der Waals surface area contributed by atoms with Crippen molar-refractivity contribution in [1.29, 1.82) is 0 Å². The number of nitrogens with zero attached hydrogens (tertiary/aromatic N) is 2. The number of benzene rings is 1. The lowest BCUT2D eigenvalue weighted by Gasteiger charge is -2.30. The molecular weight excluding hydrogens is 278 g/mol. The van der Waals surface area contributed by atoms with Crippen molar-refractivity contribution in [2.45, 2.75) is 12.8 Å². The molecule has 0 bridgehead atoms. The lowest BCUT2D eigenvalue weighted by Crippen LogP contribution is -2.41. The summed E-state index contributed by atoms with van der Waals surface area (Å²) in [6, 6.07) is 3.34. The van der Waals surface area contributed by atoms with Gasteiger partial charge in [-0.1, -0.05) is 0 Å². The van der Waals surface area contributed by atoms with Crippen molar-refractivity contribution in [1.82, 2.24) is 4.90 Å². The second-order valence-corrected chi connectivity index (χ2v) is 4.93. The summed E-state index contributed by atoms with van der Waals surface area (Å²) < 4.78 is 0. The number of nitrogens with two attached hydrogens (primary N) is 1. The zero-order valence-electron chi connectivity index (χ0n) is 11.2. The van der Waals surface area contributed by atoms with E-state index in [2.05, 4.69) is 0 Å². The average molecular weight is 293 g/mol. The minimum Gasteiger partial charge on any atom is -0.508 e. The Morgan fingerprint density at radius 3 is 2.48 bits per heavy atom. The first-order chi connectivity index (χ1) is 9.90. The highest BCUT2D eigenvalue weighted by Gasteiger charge is 2.30. The average Bonchev–Trinajstić information content (AvgIpc) is 2.46. The number of piperidine rings is 1. The van der Waals surface area contributed by atoms with E-state index in [1.165, 1.54) is 4.90 Å². The number of likely N-dealkylation sites (tertiary alicyclic amines) is 1. The standard InChI is InChI=1S/C13H15N3O5/c14-12(18)8-3-5-15(6-4-8)13(19)10-7-9(17)1-2-11(10)16(20)21/h1-2,7-8,17H,3-6H2,(H2,14,18). The van der Waals surface area contributed by atoms with Crippen molar-refractivity contribution >= 4 is 17.5 Å². The van der Waals surface area contributed by atoms with Crippen LogP contribution in [0.5, 0.6) is 5.75 Å². The van der Waals surface area contributed by atoms with Gasteiger partial charge >= 0.3 is 0 Å². The molecule has 8 heteroatoms. The van der Waals surface area contributed by atoms with E-state index in [0.717, 1.165) is 18.2 Å². The largest absolute Gasteiger partial charge is 0.508 e. The summed E-state index contributed by atoms with van der Waals surface area (Å²) in [5.74, 6) is -1.41. The fourth-order valence-electron chi connectivity index (χ4n) is 2.39. The molecule has 1 aromatic carbocycles. The first-order valence-electron chi connectivity index (χ1n) is 6.46. The number of nitro groups is 1. The molecule has 2 rings (SSSR count). The highest BCUT2D eigenvalue weighted by molar-refractivity contribution is 5.98. The second kappa shape index (κ2) is 5.78. The molecule has 1 aromatic rings. The van der Waals surface area contributed by atoms with E-state index in [9.17, 15) is 24.8 Å². The molecule has 1 aliphatic heterocycles. The summed E-state index contributed by atoms with van der Waals surface area (Å²) in [6.07, 6.45) is 0.876. The van der Waals surface area contributed by atoms with Crippen molar-refractivity contribution < 1.29 is 19.6 Å². The van der Waals surface area contributed by atoms with Gasteiger partial charge in [0.15, 0.2) is 0 Å². The summed E-state index contributed by atoms with van der Waals surface area (Å²) in [7, 11) is 0. The quantitative estimate of drug-likeness (QED) is 0.624. The van der Waals surface area contributed by atoms with Crippen LogP contribution in [0.1, 0.15) is 23.2 Å². The number of hydrogen-bond donors (Lipinski definition) is 2. The highest BCUT2D eigenvalue weighted by Crippen LogP contribution is 2.26. The molecule has 0 aromatic heterocycles. The van der Waals surface area contributed by atoms with Crippen LogP contribution in [0.4, 0.5) is 5.69 Å². The Hall–Kier alpha value is -2.64. The molecule has 112 valence electrons. The van der Waals surface area contributed by atoms with Gasteiger partial charge in [-0.25, -0.2) is 0 Å². The molecule has 21 heavy (non-hydrogen) atoms. The minimum absolute atomic E-state index is 0.155. The van der Waals surface area contributed by atoms with Gasteiger partial charge in [0.2, 0.25) is 5.91 Å². The maximum atomic E-state index is 12.3. The lowest BCUT2D eigenvalue weighted by atomic mass is 9.95. The second-order valence-electron chi connectivity index (χ2n) is 4.93. The predicted molar refractivity (Wildman–Crippen MR) is 72.6 cm³/mol. The van der Waals surface area contributed by atoms with Gasteiger partial charge in [-0.15, -0.1) is 0 Å². The van der Waals surface area contributed by atoms with Crippen LogP contribution in [-0.4, -0.2) is 39.8 Å². The molecule has 1 heterocycles. The zero-order chi connectivity index (χ0) is 15.6. The zero-order valence-corrected chi connectivity index (χ0v) is 11.2. The third-order valence-electron chi connectivity index (χ3n) is 3.59. The van der Waals surface area contributed by atoms with Crippen LogP contribution in [0.25, 0.3) is 0 Å². The van der Waals surface area contributed by atoms with Gasteiger partial charge in [0, 0.05) is 25.1 Å². The minimum atomic E-state index is -0.664. The van der Waals surface area contributed by atoms with Crippen molar-refractivity contribution in [3.63, 3.8) is 0 Å². The Kier molecular flexibility index (Phi) is 4.06. The molecule has 0 saturated carbocycles. The van der Waals surface area contributed by atoms with Crippen LogP contribution in [0.15, 0.2) is 18.2 Å². The molecule has 0 radical (unpaired) electrons. The molecule has 1 fully saturated rings. The number of carbonyl (C=O) groups is 2. The summed E-state index contributed by atoms with van der Waals surface area (Å²) in [5.41, 5.74) is 4.71. The van der Waals surface area contributed by atoms with Crippen molar-refractivity contribution in [3.05, 3.63) is 33.9 Å². The van der Waals surface area contributed by atoms with E-state index < -0.39 is 16.7 Å². The maximum absolute atomic E-state index is 12.3. The molecule has 3 N–H and O–H groups in total. The fraction of sp³-hybridized carbons (Fsp3) is 0.385. The third kappa shape index (κ3) is 3.10. The number of nitro benzene ring substituents is 1. The van der Waals surface area contributed by atoms with Gasteiger partial charge in [0.1, 0.15) is 11.3 Å². The van der Waals surface area contributed by atoms with Crippen LogP contribution in [-0.2, 0) is 4.79 Å². The number of hydrogen-bond acceptors (Lipinski definition) is 5. The van der Waals surface area contributed by atoms with Crippen LogP contribution in [0.3, 0.4) is 0 Å². The maximum Gasteiger partial charge on any atom is 0.282 e. The Bertz CT molecular complexity index is 593. The number of amides is 2. The Balaban J connectivity index is 2.20. The molecule has 0 unspecified atom stereocenters. The summed E-state index contributed by atoms with van der Waals surface area (Å²) in [6.45, 7) is 0.610. The number of carbonyl (C=O) groups excluding carboxylic acids is 2. The number of primary amides is 1. The van der Waals surface area contributed by atoms with E-state index >= 15 is 0 Å². The van der Waals surface area contributed by atoms with Crippen molar-refractivity contribution in [3.8, 4) is 5.75 Å². The van der Waals surface area contributed by atoms with E-state index in [1.54, 1.807) is 0 Å². The van der Waals surface area contributed by atoms with E-state index in [4.69, 9.17) is 5.73 Å². The molecule has 8 nitrogen and oxygen atoms in total. The molecule has 2 amide bonds. The van der Waals surface area contributed by atoms with Crippen molar-refractivity contribution in [2.24, 2.45) is 11.7 Å². The van der Waals surface area contributed by atoms with E-state index in [-0.39, 0.29) is 22.9 Å². The van der Waals surface area contributed by atoms with Crippen LogP contribution < -0.4 is 5.73 Å². The van der Waals surface area contributed by atoms with Crippen LogP contribution in [0, 0.1) is 16.0 Å². The number of aromatic hydroxyl groups is 1. The van der Waals surface area contributed by atoms with Crippen LogP contribution >= 0.6 is 0 Å².